The third kappa shape index (κ3) is 3.41. The third-order valence-corrected chi connectivity index (χ3v) is 2.45. The van der Waals surface area contributed by atoms with E-state index in [-0.39, 0.29) is 5.75 Å². The highest BCUT2D eigenvalue weighted by Gasteiger charge is 2.11. The molecule has 0 fully saturated rings. The van der Waals surface area contributed by atoms with Gasteiger partial charge in [0.25, 0.3) is 0 Å². The molecule has 5 nitrogen and oxygen atoms in total. The van der Waals surface area contributed by atoms with Crippen LogP contribution in [0, 0.1) is 0 Å². The number of carbonyl (C=O) groups excluding carboxylic acids is 2. The summed E-state index contributed by atoms with van der Waals surface area (Å²) < 4.78 is 10.1. The molecule has 1 aromatic carbocycles. The van der Waals surface area contributed by atoms with Gasteiger partial charge in [0.15, 0.2) is 0 Å². The van der Waals surface area contributed by atoms with E-state index in [1.54, 1.807) is 43.5 Å². The number of esters is 2. The van der Waals surface area contributed by atoms with Crippen LogP contribution in [0.4, 0.5) is 0 Å². The van der Waals surface area contributed by atoms with Crippen LogP contribution in [0.25, 0.3) is 0 Å². The summed E-state index contributed by atoms with van der Waals surface area (Å²) in [5.41, 5.74) is 0.678. The van der Waals surface area contributed by atoms with Crippen LogP contribution in [0.15, 0.2) is 48.8 Å². The van der Waals surface area contributed by atoms with Crippen LogP contribution in [0.5, 0.6) is 5.75 Å². The first-order chi connectivity index (χ1) is 9.70. The smallest absolute Gasteiger partial charge is 0.345 e. The number of pyridine rings is 1. The van der Waals surface area contributed by atoms with E-state index in [1.165, 1.54) is 12.3 Å². The van der Waals surface area contributed by atoms with Gasteiger partial charge in [-0.05, 0) is 37.3 Å². The summed E-state index contributed by atoms with van der Waals surface area (Å²) in [6.07, 6.45) is 2.98. The summed E-state index contributed by atoms with van der Waals surface area (Å²) in [5.74, 6) is -0.699. The molecule has 0 N–H and O–H groups in total. The molecule has 0 saturated heterocycles. The van der Waals surface area contributed by atoms with Crippen LogP contribution >= 0.6 is 0 Å². The molecule has 0 unspecified atom stereocenters. The van der Waals surface area contributed by atoms with Crippen molar-refractivity contribution in [1.82, 2.24) is 4.98 Å². The van der Waals surface area contributed by atoms with E-state index in [0.29, 0.717) is 17.7 Å². The van der Waals surface area contributed by atoms with Gasteiger partial charge in [0.1, 0.15) is 5.75 Å². The summed E-state index contributed by atoms with van der Waals surface area (Å²) in [6, 6.07) is 9.52. The maximum absolute atomic E-state index is 11.8. The van der Waals surface area contributed by atoms with Crippen LogP contribution in [-0.2, 0) is 4.74 Å². The van der Waals surface area contributed by atoms with Crippen molar-refractivity contribution in [2.45, 2.75) is 6.92 Å². The van der Waals surface area contributed by atoms with Gasteiger partial charge in [-0.1, -0.05) is 6.07 Å². The zero-order valence-electron chi connectivity index (χ0n) is 10.9. The van der Waals surface area contributed by atoms with Gasteiger partial charge in [-0.2, -0.15) is 0 Å². The molecule has 5 heteroatoms. The van der Waals surface area contributed by atoms with Crippen molar-refractivity contribution in [1.29, 1.82) is 0 Å². The monoisotopic (exact) mass is 271 g/mol. The maximum Gasteiger partial charge on any atom is 0.345 e. The SMILES string of the molecule is CCOC(=O)c1cccc(OC(=O)c2cccnc2)c1. The van der Waals surface area contributed by atoms with Crippen LogP contribution < -0.4 is 4.74 Å². The topological polar surface area (TPSA) is 65.5 Å². The Hall–Kier alpha value is -2.69. The van der Waals surface area contributed by atoms with Gasteiger partial charge in [0.05, 0.1) is 17.7 Å². The molecule has 20 heavy (non-hydrogen) atoms. The van der Waals surface area contributed by atoms with E-state index in [4.69, 9.17) is 9.47 Å². The number of hydrogen-bond acceptors (Lipinski definition) is 5. The van der Waals surface area contributed by atoms with E-state index in [2.05, 4.69) is 4.98 Å². The van der Waals surface area contributed by atoms with Gasteiger partial charge >= 0.3 is 11.9 Å². The molecule has 1 aromatic heterocycles. The molecule has 0 aliphatic heterocycles. The molecule has 0 spiro atoms. The van der Waals surface area contributed by atoms with Crippen LogP contribution in [-0.4, -0.2) is 23.5 Å². The van der Waals surface area contributed by atoms with E-state index in [0.717, 1.165) is 0 Å². The number of aromatic nitrogens is 1. The number of ether oxygens (including phenoxy) is 2. The summed E-state index contributed by atoms with van der Waals surface area (Å²) >= 11 is 0. The minimum Gasteiger partial charge on any atom is -0.462 e. The Morgan fingerprint density at radius 3 is 2.60 bits per heavy atom. The zero-order chi connectivity index (χ0) is 14.4. The van der Waals surface area contributed by atoms with Gasteiger partial charge < -0.3 is 9.47 Å². The second-order valence-electron chi connectivity index (χ2n) is 3.88. The average Bonchev–Trinajstić information content (AvgIpc) is 2.48. The van der Waals surface area contributed by atoms with Crippen molar-refractivity contribution in [3.8, 4) is 5.75 Å². The highest BCUT2D eigenvalue weighted by Crippen LogP contribution is 2.15. The lowest BCUT2D eigenvalue weighted by molar-refractivity contribution is 0.0524. The largest absolute Gasteiger partial charge is 0.462 e. The number of hydrogen-bond donors (Lipinski definition) is 0. The first-order valence-corrected chi connectivity index (χ1v) is 6.10. The average molecular weight is 271 g/mol. The molecule has 0 amide bonds. The molecule has 102 valence electrons. The van der Waals surface area contributed by atoms with Crippen molar-refractivity contribution >= 4 is 11.9 Å². The Morgan fingerprint density at radius 1 is 1.10 bits per heavy atom. The van der Waals surface area contributed by atoms with Gasteiger partial charge in [0, 0.05) is 12.4 Å². The molecule has 0 aliphatic rings. The maximum atomic E-state index is 11.8. The first kappa shape index (κ1) is 13.7. The number of nitrogens with zero attached hydrogens (tertiary/aromatic N) is 1. The lowest BCUT2D eigenvalue weighted by Gasteiger charge is -2.06. The van der Waals surface area contributed by atoms with E-state index in [1.807, 2.05) is 0 Å². The van der Waals surface area contributed by atoms with Gasteiger partial charge in [-0.3, -0.25) is 4.98 Å². The van der Waals surface area contributed by atoms with Gasteiger partial charge in [-0.15, -0.1) is 0 Å². The van der Waals surface area contributed by atoms with Crippen molar-refractivity contribution in [3.05, 3.63) is 59.9 Å². The lowest BCUT2D eigenvalue weighted by atomic mass is 10.2. The molecule has 0 bridgehead atoms. The molecule has 0 saturated carbocycles. The van der Waals surface area contributed by atoms with E-state index >= 15 is 0 Å². The van der Waals surface area contributed by atoms with E-state index in [9.17, 15) is 9.59 Å². The number of rotatable bonds is 4. The van der Waals surface area contributed by atoms with Crippen LogP contribution in [0.2, 0.25) is 0 Å². The fourth-order valence-corrected chi connectivity index (χ4v) is 1.55. The summed E-state index contributed by atoms with van der Waals surface area (Å²) in [7, 11) is 0. The highest BCUT2D eigenvalue weighted by molar-refractivity contribution is 5.92. The third-order valence-electron chi connectivity index (χ3n) is 2.45. The predicted octanol–water partition coefficient (Wildman–Crippen LogP) is 2.48. The molecule has 0 aliphatic carbocycles. The Kier molecular flexibility index (Phi) is 4.44. The quantitative estimate of drug-likeness (QED) is 0.631. The van der Waals surface area contributed by atoms with Crippen LogP contribution in [0.3, 0.4) is 0 Å². The van der Waals surface area contributed by atoms with Crippen molar-refractivity contribution in [2.75, 3.05) is 6.61 Å². The molecular formula is C15H13NO4. The normalized spacial score (nSPS) is 9.85. The van der Waals surface area contributed by atoms with Gasteiger partial charge in [0.2, 0.25) is 0 Å². The Morgan fingerprint density at radius 2 is 1.90 bits per heavy atom. The fraction of sp³-hybridized carbons (Fsp3) is 0.133. The summed E-state index contributed by atoms with van der Waals surface area (Å²) in [4.78, 5) is 27.3. The Labute approximate surface area is 116 Å². The second-order valence-corrected chi connectivity index (χ2v) is 3.88. The second kappa shape index (κ2) is 6.47. The summed E-state index contributed by atoms with van der Waals surface area (Å²) in [5, 5.41) is 0. The fourth-order valence-electron chi connectivity index (χ4n) is 1.55. The number of benzene rings is 1. The predicted molar refractivity (Wildman–Crippen MR) is 71.6 cm³/mol. The summed E-state index contributed by atoms with van der Waals surface area (Å²) in [6.45, 7) is 2.02. The molecule has 2 aromatic rings. The minimum absolute atomic E-state index is 0.282. The van der Waals surface area contributed by atoms with Crippen molar-refractivity contribution in [2.24, 2.45) is 0 Å². The molecule has 0 radical (unpaired) electrons. The van der Waals surface area contributed by atoms with Gasteiger partial charge in [-0.25, -0.2) is 9.59 Å². The molecule has 1 heterocycles. The standard InChI is InChI=1S/C15H13NO4/c1-2-19-14(17)11-5-3-7-13(9-11)20-15(18)12-6-4-8-16-10-12/h3-10H,2H2,1H3. The van der Waals surface area contributed by atoms with Crippen LogP contribution in [0.1, 0.15) is 27.6 Å². The highest BCUT2D eigenvalue weighted by atomic mass is 16.5. The molecule has 2 rings (SSSR count). The number of carbonyl (C=O) groups is 2. The molecular weight excluding hydrogens is 258 g/mol. The minimum atomic E-state index is -0.529. The Balaban J connectivity index is 2.12. The molecule has 0 atom stereocenters. The van der Waals surface area contributed by atoms with E-state index < -0.39 is 11.9 Å². The first-order valence-electron chi connectivity index (χ1n) is 6.10. The Bertz CT molecular complexity index is 610. The zero-order valence-corrected chi connectivity index (χ0v) is 10.9. The van der Waals surface area contributed by atoms with Crippen molar-refractivity contribution < 1.29 is 19.1 Å². The lowest BCUT2D eigenvalue weighted by Crippen LogP contribution is -2.10. The van der Waals surface area contributed by atoms with Crippen molar-refractivity contribution in [3.63, 3.8) is 0 Å².